The number of nitrogens with one attached hydrogen (secondary N) is 1. The number of aryl methyl sites for hydroxylation is 1. The van der Waals surface area contributed by atoms with E-state index in [1.54, 1.807) is 11.3 Å². The molecule has 1 saturated heterocycles. The monoisotopic (exact) mass is 400 g/mol. The number of likely N-dealkylation sites (tertiary alicyclic amines) is 1. The number of hydrogen-bond acceptors (Lipinski definition) is 5. The molecule has 6 nitrogen and oxygen atoms in total. The minimum atomic E-state index is -0.207. The number of imidazole rings is 1. The molecule has 4 heterocycles. The molecule has 1 N–H and O–H groups in total. The molecular weight excluding hydrogens is 372 g/mol. The predicted molar refractivity (Wildman–Crippen MR) is 109 cm³/mol. The Kier molecular flexibility index (Phi) is 4.77. The summed E-state index contributed by atoms with van der Waals surface area (Å²) in [6, 6.07) is 2.52. The Balaban J connectivity index is 1.28. The van der Waals surface area contributed by atoms with E-state index in [1.165, 1.54) is 10.4 Å². The van der Waals surface area contributed by atoms with E-state index in [0.29, 0.717) is 6.04 Å². The largest absolute Gasteiger partial charge is 0.370 e. The van der Waals surface area contributed by atoms with Gasteiger partial charge in [-0.15, -0.1) is 11.3 Å². The van der Waals surface area contributed by atoms with Crippen LogP contribution >= 0.6 is 11.3 Å². The Labute approximate surface area is 169 Å². The fourth-order valence-corrected chi connectivity index (χ4v) is 5.52. The minimum absolute atomic E-state index is 0.0981. The van der Waals surface area contributed by atoms with Gasteiger partial charge in [0.2, 0.25) is 0 Å². The van der Waals surface area contributed by atoms with E-state index in [0.717, 1.165) is 75.5 Å². The average Bonchev–Trinajstić information content (AvgIpc) is 3.22. The van der Waals surface area contributed by atoms with E-state index in [9.17, 15) is 4.79 Å². The van der Waals surface area contributed by atoms with Gasteiger partial charge in [0, 0.05) is 49.7 Å². The molecule has 2 aromatic heterocycles. The quantitative estimate of drug-likeness (QED) is 0.838. The third-order valence-electron chi connectivity index (χ3n) is 6.24. The molecule has 5 rings (SSSR count). The second kappa shape index (κ2) is 7.28. The number of carbonyl (C=O) groups excluding carboxylic acids is 1. The van der Waals surface area contributed by atoms with Crippen molar-refractivity contribution in [1.82, 2.24) is 19.8 Å². The second-order valence-electron chi connectivity index (χ2n) is 8.26. The highest BCUT2D eigenvalue weighted by Crippen LogP contribution is 2.44. The van der Waals surface area contributed by atoms with E-state index in [1.807, 2.05) is 6.33 Å². The van der Waals surface area contributed by atoms with Gasteiger partial charge in [-0.25, -0.2) is 4.98 Å². The van der Waals surface area contributed by atoms with Crippen LogP contribution in [0.5, 0.6) is 0 Å². The highest BCUT2D eigenvalue weighted by molar-refractivity contribution is 7.14. The van der Waals surface area contributed by atoms with Crippen molar-refractivity contribution in [3.63, 3.8) is 0 Å². The maximum absolute atomic E-state index is 12.5. The van der Waals surface area contributed by atoms with Crippen LogP contribution in [0, 0.1) is 0 Å². The van der Waals surface area contributed by atoms with E-state index in [2.05, 4.69) is 39.0 Å². The number of thiophene rings is 1. The van der Waals surface area contributed by atoms with Crippen molar-refractivity contribution >= 4 is 17.2 Å². The molecule has 0 bridgehead atoms. The predicted octanol–water partition coefficient (Wildman–Crippen LogP) is 2.92. The lowest BCUT2D eigenvalue weighted by molar-refractivity contribution is -0.0981. The van der Waals surface area contributed by atoms with Gasteiger partial charge >= 0.3 is 0 Å². The van der Waals surface area contributed by atoms with Crippen LogP contribution in [0.2, 0.25) is 0 Å². The lowest BCUT2D eigenvalue weighted by Crippen LogP contribution is -2.45. The van der Waals surface area contributed by atoms with Crippen LogP contribution in [0.4, 0.5) is 0 Å². The van der Waals surface area contributed by atoms with Crippen molar-refractivity contribution in [2.75, 3.05) is 19.7 Å². The topological polar surface area (TPSA) is 59.4 Å². The van der Waals surface area contributed by atoms with Gasteiger partial charge in [-0.2, -0.15) is 0 Å². The van der Waals surface area contributed by atoms with E-state index in [-0.39, 0.29) is 11.5 Å². The number of amides is 1. The van der Waals surface area contributed by atoms with Gasteiger partial charge in [0.15, 0.2) is 0 Å². The molecule has 0 atom stereocenters. The zero-order chi connectivity index (χ0) is 19.1. The molecule has 0 unspecified atom stereocenters. The number of nitrogens with zero attached hydrogens (tertiary/aromatic N) is 3. The Morgan fingerprint density at radius 3 is 2.93 bits per heavy atom. The van der Waals surface area contributed by atoms with Crippen molar-refractivity contribution in [1.29, 1.82) is 0 Å². The lowest BCUT2D eigenvalue weighted by Gasteiger charge is -2.44. The normalized spacial score (nSPS) is 21.6. The number of piperidine rings is 1. The lowest BCUT2D eigenvalue weighted by atomic mass is 9.82. The molecular formula is C21H28N4O2S. The van der Waals surface area contributed by atoms with Gasteiger partial charge in [0.25, 0.3) is 5.91 Å². The summed E-state index contributed by atoms with van der Waals surface area (Å²) in [4.78, 5) is 21.7. The number of ether oxygens (including phenoxy) is 1. The van der Waals surface area contributed by atoms with Crippen LogP contribution in [-0.2, 0) is 29.8 Å². The average molecular weight is 401 g/mol. The van der Waals surface area contributed by atoms with E-state index in [4.69, 9.17) is 4.74 Å². The van der Waals surface area contributed by atoms with Gasteiger partial charge in [0.1, 0.15) is 0 Å². The van der Waals surface area contributed by atoms with Gasteiger partial charge < -0.3 is 14.6 Å². The highest BCUT2D eigenvalue weighted by atomic mass is 32.1. The van der Waals surface area contributed by atoms with Crippen molar-refractivity contribution in [2.45, 2.75) is 63.8 Å². The SMILES string of the molecule is CCn1cnc(CN2CCC3(CC2)OCCc2sc(C(=O)NC4CC4)cc23)c1. The van der Waals surface area contributed by atoms with Crippen LogP contribution in [-0.4, -0.2) is 46.1 Å². The van der Waals surface area contributed by atoms with Gasteiger partial charge in [-0.3, -0.25) is 9.69 Å². The van der Waals surface area contributed by atoms with Crippen molar-refractivity contribution < 1.29 is 9.53 Å². The standard InChI is InChI=1S/C21H28N4O2S/c1-2-24-12-16(22-14-24)13-25-8-6-21(7-9-25)17-11-19(20(26)23-15-3-4-15)28-18(17)5-10-27-21/h11-12,14-15H,2-10,13H2,1H3,(H,23,26). The Bertz CT molecular complexity index is 862. The molecule has 2 aliphatic heterocycles. The summed E-state index contributed by atoms with van der Waals surface area (Å²) in [6.45, 7) is 6.75. The maximum atomic E-state index is 12.5. The fourth-order valence-electron chi connectivity index (χ4n) is 4.39. The Morgan fingerprint density at radius 2 is 2.21 bits per heavy atom. The van der Waals surface area contributed by atoms with Crippen molar-refractivity contribution in [3.8, 4) is 0 Å². The molecule has 2 aromatic rings. The van der Waals surface area contributed by atoms with Gasteiger partial charge in [-0.05, 0) is 44.2 Å². The van der Waals surface area contributed by atoms with Gasteiger partial charge in [-0.1, -0.05) is 0 Å². The summed E-state index contributed by atoms with van der Waals surface area (Å²) >= 11 is 1.67. The van der Waals surface area contributed by atoms with Crippen LogP contribution < -0.4 is 5.32 Å². The first kappa shape index (κ1) is 18.3. The third-order valence-corrected chi connectivity index (χ3v) is 7.44. The molecule has 2 fully saturated rings. The summed E-state index contributed by atoms with van der Waals surface area (Å²) in [5, 5.41) is 3.13. The van der Waals surface area contributed by atoms with Crippen molar-refractivity contribution in [3.05, 3.63) is 39.6 Å². The first-order valence-corrected chi connectivity index (χ1v) is 11.3. The molecule has 1 saturated carbocycles. The number of hydrogen-bond donors (Lipinski definition) is 1. The summed E-state index contributed by atoms with van der Waals surface area (Å²) in [5.41, 5.74) is 2.21. The molecule has 1 amide bonds. The fraction of sp³-hybridized carbons (Fsp3) is 0.619. The summed E-state index contributed by atoms with van der Waals surface area (Å²) in [7, 11) is 0. The minimum Gasteiger partial charge on any atom is -0.370 e. The Hall–Kier alpha value is -1.70. The smallest absolute Gasteiger partial charge is 0.261 e. The Morgan fingerprint density at radius 1 is 1.39 bits per heavy atom. The van der Waals surface area contributed by atoms with Crippen LogP contribution in [0.1, 0.15) is 58.4 Å². The number of aromatic nitrogens is 2. The first-order valence-electron chi connectivity index (χ1n) is 10.5. The van der Waals surface area contributed by atoms with Crippen LogP contribution in [0.3, 0.4) is 0 Å². The molecule has 0 aromatic carbocycles. The van der Waals surface area contributed by atoms with Crippen LogP contribution in [0.15, 0.2) is 18.6 Å². The molecule has 7 heteroatoms. The number of fused-ring (bicyclic) bond motifs is 2. The number of rotatable bonds is 5. The maximum Gasteiger partial charge on any atom is 0.261 e. The molecule has 0 radical (unpaired) electrons. The zero-order valence-corrected chi connectivity index (χ0v) is 17.3. The number of carbonyl (C=O) groups is 1. The van der Waals surface area contributed by atoms with E-state index >= 15 is 0 Å². The second-order valence-corrected chi connectivity index (χ2v) is 9.40. The molecule has 3 aliphatic rings. The molecule has 28 heavy (non-hydrogen) atoms. The molecule has 1 spiro atoms. The zero-order valence-electron chi connectivity index (χ0n) is 16.4. The van der Waals surface area contributed by atoms with E-state index < -0.39 is 0 Å². The van der Waals surface area contributed by atoms with Crippen molar-refractivity contribution in [2.24, 2.45) is 0 Å². The van der Waals surface area contributed by atoms with Gasteiger partial charge in [0.05, 0.1) is 29.1 Å². The summed E-state index contributed by atoms with van der Waals surface area (Å²) in [6.07, 6.45) is 9.19. The summed E-state index contributed by atoms with van der Waals surface area (Å²) < 4.78 is 8.49. The first-order chi connectivity index (χ1) is 13.6. The molecule has 1 aliphatic carbocycles. The molecule has 150 valence electrons. The van der Waals surface area contributed by atoms with Crippen LogP contribution in [0.25, 0.3) is 0 Å². The third kappa shape index (κ3) is 3.51. The highest BCUT2D eigenvalue weighted by Gasteiger charge is 2.42. The summed E-state index contributed by atoms with van der Waals surface area (Å²) in [5.74, 6) is 0.0981.